The summed E-state index contributed by atoms with van der Waals surface area (Å²) in [6, 6.07) is -0.971. The number of hydrogen-bond donors (Lipinski definition) is 4. The van der Waals surface area contributed by atoms with Crippen LogP contribution in [-0.4, -0.2) is 52.4 Å². The van der Waals surface area contributed by atoms with Gasteiger partial charge in [-0.2, -0.15) is 0 Å². The molecule has 0 aromatic carbocycles. The second-order valence-corrected chi connectivity index (χ2v) is 3.01. The molecule has 4 N–H and O–H groups in total. The number of ether oxygens (including phenoxy) is 1. The van der Waals surface area contributed by atoms with Gasteiger partial charge in [0, 0.05) is 6.92 Å². The van der Waals surface area contributed by atoms with Gasteiger partial charge in [0.1, 0.15) is 18.2 Å². The highest BCUT2D eigenvalue weighted by Crippen LogP contribution is 2.13. The third-order valence-corrected chi connectivity index (χ3v) is 1.88. The van der Waals surface area contributed by atoms with Gasteiger partial charge in [-0.25, -0.2) is 0 Å². The minimum atomic E-state index is -1.28. The molecule has 1 aliphatic heterocycles. The van der Waals surface area contributed by atoms with Gasteiger partial charge in [0.05, 0.1) is 6.61 Å². The van der Waals surface area contributed by atoms with E-state index in [0.717, 1.165) is 0 Å². The maximum absolute atomic E-state index is 10.6. The summed E-state index contributed by atoms with van der Waals surface area (Å²) in [7, 11) is 0. The van der Waals surface area contributed by atoms with Crippen LogP contribution in [0.5, 0.6) is 0 Å². The number of amides is 1. The van der Waals surface area contributed by atoms with Crippen molar-refractivity contribution in [1.82, 2.24) is 5.32 Å². The molecule has 1 saturated heterocycles. The first-order valence-corrected chi connectivity index (χ1v) is 3.95. The van der Waals surface area contributed by atoms with Crippen LogP contribution in [0.3, 0.4) is 0 Å². The summed E-state index contributed by atoms with van der Waals surface area (Å²) in [6.45, 7) is 1.11. The van der Waals surface area contributed by atoms with Crippen molar-refractivity contribution in [2.24, 2.45) is 0 Å². The Balaban J connectivity index is 2.60. The monoisotopic (exact) mass is 191 g/mol. The predicted octanol–water partition coefficient (Wildman–Crippen LogP) is -2.44. The molecule has 1 fully saturated rings. The number of aliphatic hydroxyl groups is 3. The molecule has 76 valence electrons. The standard InChI is InChI=1S/C7H13NO5/c1-3(9)8-5-6(11)4(10)2-13-7(5)12/h4-7,10-12H,2H2,1H3,(H,8,9)/t4-,5-,6+,7-/m1/s1. The fourth-order valence-electron chi connectivity index (χ4n) is 1.20. The highest BCUT2D eigenvalue weighted by atomic mass is 16.6. The van der Waals surface area contributed by atoms with Crippen molar-refractivity contribution in [2.45, 2.75) is 31.5 Å². The summed E-state index contributed by atoms with van der Waals surface area (Å²) in [5, 5.41) is 30.0. The molecular formula is C7H13NO5. The Bertz CT molecular complexity index is 197. The van der Waals surface area contributed by atoms with E-state index in [2.05, 4.69) is 5.32 Å². The first kappa shape index (κ1) is 10.4. The van der Waals surface area contributed by atoms with Gasteiger partial charge in [-0.3, -0.25) is 4.79 Å². The summed E-state index contributed by atoms with van der Waals surface area (Å²) in [5.41, 5.74) is 0. The maximum Gasteiger partial charge on any atom is 0.217 e. The largest absolute Gasteiger partial charge is 0.388 e. The van der Waals surface area contributed by atoms with Gasteiger partial charge >= 0.3 is 0 Å². The molecule has 0 saturated carbocycles. The third kappa shape index (κ3) is 2.38. The van der Waals surface area contributed by atoms with Gasteiger partial charge in [0.15, 0.2) is 6.29 Å². The molecule has 6 nitrogen and oxygen atoms in total. The van der Waals surface area contributed by atoms with Crippen LogP contribution in [0.2, 0.25) is 0 Å². The lowest BCUT2D eigenvalue weighted by Crippen LogP contribution is -2.60. The lowest BCUT2D eigenvalue weighted by molar-refractivity contribution is -0.212. The molecule has 1 rings (SSSR count). The van der Waals surface area contributed by atoms with Crippen LogP contribution in [0, 0.1) is 0 Å². The van der Waals surface area contributed by atoms with Crippen molar-refractivity contribution in [3.05, 3.63) is 0 Å². The van der Waals surface area contributed by atoms with Crippen molar-refractivity contribution >= 4 is 5.91 Å². The summed E-state index contributed by atoms with van der Waals surface area (Å²) in [6.07, 6.45) is -3.56. The van der Waals surface area contributed by atoms with Crippen LogP contribution in [0.25, 0.3) is 0 Å². The highest BCUT2D eigenvalue weighted by molar-refractivity contribution is 5.73. The quantitative estimate of drug-likeness (QED) is 0.369. The Hall–Kier alpha value is -0.690. The highest BCUT2D eigenvalue weighted by Gasteiger charge is 2.38. The topological polar surface area (TPSA) is 99.0 Å². The number of carbonyl (C=O) groups is 1. The minimum absolute atomic E-state index is 0.140. The van der Waals surface area contributed by atoms with E-state index in [0.29, 0.717) is 0 Å². The van der Waals surface area contributed by atoms with Gasteiger partial charge in [0.2, 0.25) is 5.91 Å². The summed E-state index contributed by atoms with van der Waals surface area (Å²) in [4.78, 5) is 10.6. The Morgan fingerprint density at radius 2 is 2.08 bits per heavy atom. The van der Waals surface area contributed by atoms with Crippen molar-refractivity contribution in [3.8, 4) is 0 Å². The van der Waals surface area contributed by atoms with Crippen LogP contribution >= 0.6 is 0 Å². The zero-order valence-corrected chi connectivity index (χ0v) is 7.17. The number of carbonyl (C=O) groups excluding carboxylic acids is 1. The van der Waals surface area contributed by atoms with Crippen LogP contribution in [0.4, 0.5) is 0 Å². The van der Waals surface area contributed by atoms with Crippen LogP contribution in [-0.2, 0) is 9.53 Å². The second kappa shape index (κ2) is 4.01. The van der Waals surface area contributed by atoms with Gasteiger partial charge < -0.3 is 25.4 Å². The number of rotatable bonds is 1. The summed E-state index contributed by atoms with van der Waals surface area (Å²) < 4.78 is 4.70. The fourth-order valence-corrected chi connectivity index (χ4v) is 1.20. The number of hydrogen-bond acceptors (Lipinski definition) is 5. The summed E-state index contributed by atoms with van der Waals surface area (Å²) in [5.74, 6) is -0.402. The van der Waals surface area contributed by atoms with Crippen molar-refractivity contribution < 1.29 is 24.9 Å². The maximum atomic E-state index is 10.6. The fraction of sp³-hybridized carbons (Fsp3) is 0.857. The van der Waals surface area contributed by atoms with Gasteiger partial charge in [-0.05, 0) is 0 Å². The molecule has 1 heterocycles. The van der Waals surface area contributed by atoms with Crippen LogP contribution < -0.4 is 5.32 Å². The van der Waals surface area contributed by atoms with Gasteiger partial charge in [0.25, 0.3) is 0 Å². The normalized spacial score (nSPS) is 40.0. The predicted molar refractivity (Wildman–Crippen MR) is 41.6 cm³/mol. The molecule has 6 heteroatoms. The smallest absolute Gasteiger partial charge is 0.217 e. The van der Waals surface area contributed by atoms with E-state index in [1.165, 1.54) is 6.92 Å². The van der Waals surface area contributed by atoms with Gasteiger partial charge in [-0.15, -0.1) is 0 Å². The van der Waals surface area contributed by atoms with Crippen molar-refractivity contribution in [2.75, 3.05) is 6.61 Å². The summed E-state index contributed by atoms with van der Waals surface area (Å²) >= 11 is 0. The molecule has 4 atom stereocenters. The Morgan fingerprint density at radius 1 is 1.46 bits per heavy atom. The van der Waals surface area contributed by atoms with E-state index >= 15 is 0 Å². The SMILES string of the molecule is CC(=O)N[C@@H]1[C@@H](O)[C@H](O)CO[C@H]1O. The van der Waals surface area contributed by atoms with Crippen LogP contribution in [0.15, 0.2) is 0 Å². The average Bonchev–Trinajstić information content (AvgIpc) is 2.05. The Labute approximate surface area is 75.1 Å². The first-order valence-electron chi connectivity index (χ1n) is 3.95. The van der Waals surface area contributed by atoms with E-state index in [-0.39, 0.29) is 6.61 Å². The molecule has 0 spiro atoms. The Morgan fingerprint density at radius 3 is 2.62 bits per heavy atom. The molecule has 0 unspecified atom stereocenters. The Kier molecular flexibility index (Phi) is 3.21. The molecular weight excluding hydrogens is 178 g/mol. The van der Waals surface area contributed by atoms with Crippen molar-refractivity contribution in [1.29, 1.82) is 0 Å². The molecule has 0 radical (unpaired) electrons. The number of nitrogens with one attached hydrogen (secondary N) is 1. The second-order valence-electron chi connectivity index (χ2n) is 3.01. The molecule has 13 heavy (non-hydrogen) atoms. The molecule has 0 aromatic rings. The molecule has 0 aromatic heterocycles. The van der Waals surface area contributed by atoms with Crippen molar-refractivity contribution in [3.63, 3.8) is 0 Å². The lowest BCUT2D eigenvalue weighted by Gasteiger charge is -2.35. The molecule has 1 amide bonds. The minimum Gasteiger partial charge on any atom is -0.388 e. The molecule has 1 aliphatic rings. The van der Waals surface area contributed by atoms with E-state index in [4.69, 9.17) is 9.84 Å². The number of aliphatic hydroxyl groups excluding tert-OH is 3. The first-order chi connectivity index (χ1) is 6.02. The van der Waals surface area contributed by atoms with E-state index in [1.54, 1.807) is 0 Å². The van der Waals surface area contributed by atoms with E-state index in [9.17, 15) is 15.0 Å². The molecule has 0 bridgehead atoms. The third-order valence-electron chi connectivity index (χ3n) is 1.88. The van der Waals surface area contributed by atoms with Gasteiger partial charge in [-0.1, -0.05) is 0 Å². The zero-order valence-electron chi connectivity index (χ0n) is 7.17. The zero-order chi connectivity index (χ0) is 10.0. The molecule has 0 aliphatic carbocycles. The van der Waals surface area contributed by atoms with E-state index < -0.39 is 30.4 Å². The van der Waals surface area contributed by atoms with E-state index in [1.807, 2.05) is 0 Å². The average molecular weight is 191 g/mol. The lowest BCUT2D eigenvalue weighted by atomic mass is 10.0. The van der Waals surface area contributed by atoms with Crippen LogP contribution in [0.1, 0.15) is 6.92 Å².